The number of benzene rings is 2. The molecule has 7 nitrogen and oxygen atoms in total. The molecule has 1 N–H and O–H groups in total. The molecule has 2 rings (SSSR count). The number of hydrogen-bond donors (Lipinski definition) is 1. The molecule has 2 aromatic rings. The molecule has 0 aliphatic carbocycles. The lowest BCUT2D eigenvalue weighted by Crippen LogP contribution is -2.52. The zero-order valence-corrected chi connectivity index (χ0v) is 20.9. The number of rotatable bonds is 10. The van der Waals surface area contributed by atoms with Crippen LogP contribution in [0.1, 0.15) is 46.1 Å². The van der Waals surface area contributed by atoms with Crippen LogP contribution in [0.25, 0.3) is 0 Å². The van der Waals surface area contributed by atoms with Crippen LogP contribution in [-0.4, -0.2) is 49.5 Å². The highest BCUT2D eigenvalue weighted by molar-refractivity contribution is 7.92. The van der Waals surface area contributed by atoms with E-state index in [0.717, 1.165) is 11.8 Å². The fraction of sp³-hybridized carbons (Fsp3) is 0.440. The smallest absolute Gasteiger partial charge is 0.242 e. The quantitative estimate of drug-likeness (QED) is 0.572. The molecule has 1 unspecified atom stereocenters. The van der Waals surface area contributed by atoms with Gasteiger partial charge in [-0.2, -0.15) is 0 Å². The summed E-state index contributed by atoms with van der Waals surface area (Å²) in [6.07, 6.45) is 1.61. The van der Waals surface area contributed by atoms with Gasteiger partial charge in [0.25, 0.3) is 0 Å². The van der Waals surface area contributed by atoms with Gasteiger partial charge in [0.1, 0.15) is 6.04 Å². The lowest BCUT2D eigenvalue weighted by molar-refractivity contribution is -0.141. The van der Waals surface area contributed by atoms with Gasteiger partial charge in [0.2, 0.25) is 21.8 Å². The largest absolute Gasteiger partial charge is 0.350 e. The Kier molecular flexibility index (Phi) is 9.05. The second-order valence-electron chi connectivity index (χ2n) is 9.20. The van der Waals surface area contributed by atoms with Gasteiger partial charge in [0.05, 0.1) is 11.9 Å². The molecule has 2 aromatic carbocycles. The van der Waals surface area contributed by atoms with Gasteiger partial charge in [-0.05, 0) is 51.8 Å². The highest BCUT2D eigenvalue weighted by Gasteiger charge is 2.28. The maximum Gasteiger partial charge on any atom is 0.242 e. The molecule has 2 amide bonds. The molecule has 180 valence electrons. The molecule has 0 bridgehead atoms. The van der Waals surface area contributed by atoms with Crippen molar-refractivity contribution in [3.05, 3.63) is 66.2 Å². The van der Waals surface area contributed by atoms with Gasteiger partial charge in [-0.15, -0.1) is 0 Å². The van der Waals surface area contributed by atoms with E-state index in [-0.39, 0.29) is 24.8 Å². The topological polar surface area (TPSA) is 86.8 Å². The van der Waals surface area contributed by atoms with E-state index in [2.05, 4.69) is 5.32 Å². The number of para-hydroxylation sites is 1. The SMILES string of the molecule is CC(C(=O)NC(C)(C)C)N(Cc1ccccc1)C(=O)CCCN(c1ccccc1)S(C)(=O)=O. The minimum atomic E-state index is -3.49. The van der Waals surface area contributed by atoms with E-state index in [1.807, 2.05) is 57.2 Å². The second-order valence-corrected chi connectivity index (χ2v) is 11.1. The van der Waals surface area contributed by atoms with Crippen molar-refractivity contribution in [2.75, 3.05) is 17.1 Å². The third-order valence-electron chi connectivity index (χ3n) is 5.06. The van der Waals surface area contributed by atoms with E-state index in [1.165, 1.54) is 4.31 Å². The minimum Gasteiger partial charge on any atom is -0.350 e. The van der Waals surface area contributed by atoms with Crippen LogP contribution in [-0.2, 0) is 26.2 Å². The summed E-state index contributed by atoms with van der Waals surface area (Å²) in [5, 5.41) is 2.94. The number of sulfonamides is 1. The number of hydrogen-bond acceptors (Lipinski definition) is 4. The van der Waals surface area contributed by atoms with Crippen molar-refractivity contribution >= 4 is 27.5 Å². The number of carbonyl (C=O) groups is 2. The average Bonchev–Trinajstić information content (AvgIpc) is 2.73. The van der Waals surface area contributed by atoms with Crippen LogP contribution < -0.4 is 9.62 Å². The Hall–Kier alpha value is -2.87. The fourth-order valence-corrected chi connectivity index (χ4v) is 4.40. The van der Waals surface area contributed by atoms with Crippen molar-refractivity contribution in [3.8, 4) is 0 Å². The number of carbonyl (C=O) groups excluding carboxylic acids is 2. The molecule has 0 fully saturated rings. The molecule has 0 aromatic heterocycles. The highest BCUT2D eigenvalue weighted by Crippen LogP contribution is 2.18. The van der Waals surface area contributed by atoms with E-state index in [1.54, 1.807) is 36.1 Å². The third-order valence-corrected chi connectivity index (χ3v) is 6.25. The van der Waals surface area contributed by atoms with Crippen molar-refractivity contribution in [1.29, 1.82) is 0 Å². The van der Waals surface area contributed by atoms with Crippen LogP contribution in [0.5, 0.6) is 0 Å². The fourth-order valence-electron chi connectivity index (χ4n) is 3.43. The van der Waals surface area contributed by atoms with Crippen LogP contribution in [0.2, 0.25) is 0 Å². The molecule has 0 saturated heterocycles. The summed E-state index contributed by atoms with van der Waals surface area (Å²) < 4.78 is 25.9. The molecule has 0 saturated carbocycles. The number of amides is 2. The zero-order valence-electron chi connectivity index (χ0n) is 20.1. The number of nitrogens with zero attached hydrogens (tertiary/aromatic N) is 2. The van der Waals surface area contributed by atoms with Crippen molar-refractivity contribution in [3.63, 3.8) is 0 Å². The standard InChI is InChI=1S/C25H35N3O4S/c1-20(24(30)26-25(2,3)4)27(19-21-13-8-6-9-14-21)23(29)17-12-18-28(33(5,31)32)22-15-10-7-11-16-22/h6-11,13-16,20H,12,17-19H2,1-5H3,(H,26,30). The minimum absolute atomic E-state index is 0.124. The summed E-state index contributed by atoms with van der Waals surface area (Å²) in [6.45, 7) is 7.87. The van der Waals surface area contributed by atoms with Crippen LogP contribution >= 0.6 is 0 Å². The summed E-state index contributed by atoms with van der Waals surface area (Å²) in [4.78, 5) is 27.6. The van der Waals surface area contributed by atoms with Crippen molar-refractivity contribution in [2.24, 2.45) is 0 Å². The Morgan fingerprint density at radius 2 is 1.52 bits per heavy atom. The number of anilines is 1. The van der Waals surface area contributed by atoms with Gasteiger partial charge in [0, 0.05) is 25.0 Å². The van der Waals surface area contributed by atoms with Crippen LogP contribution in [0.4, 0.5) is 5.69 Å². The summed E-state index contributed by atoms with van der Waals surface area (Å²) in [6, 6.07) is 17.7. The van der Waals surface area contributed by atoms with Crippen molar-refractivity contribution in [1.82, 2.24) is 10.2 Å². The van der Waals surface area contributed by atoms with Gasteiger partial charge in [-0.1, -0.05) is 48.5 Å². The molecule has 0 aliphatic heterocycles. The van der Waals surface area contributed by atoms with Gasteiger partial charge in [-0.3, -0.25) is 13.9 Å². The van der Waals surface area contributed by atoms with Crippen molar-refractivity contribution < 1.29 is 18.0 Å². The Morgan fingerprint density at radius 1 is 0.970 bits per heavy atom. The predicted octanol–water partition coefficient (Wildman–Crippen LogP) is 3.56. The van der Waals surface area contributed by atoms with E-state index in [0.29, 0.717) is 18.7 Å². The first-order valence-electron chi connectivity index (χ1n) is 11.1. The van der Waals surface area contributed by atoms with E-state index >= 15 is 0 Å². The summed E-state index contributed by atoms with van der Waals surface area (Å²) in [5.41, 5.74) is 1.06. The molecule has 0 radical (unpaired) electrons. The maximum atomic E-state index is 13.2. The predicted molar refractivity (Wildman–Crippen MR) is 132 cm³/mol. The van der Waals surface area contributed by atoms with E-state index < -0.39 is 21.6 Å². The first kappa shape index (κ1) is 26.4. The Labute approximate surface area is 197 Å². The van der Waals surface area contributed by atoms with E-state index in [4.69, 9.17) is 0 Å². The van der Waals surface area contributed by atoms with Gasteiger partial charge >= 0.3 is 0 Å². The van der Waals surface area contributed by atoms with Gasteiger partial charge in [-0.25, -0.2) is 8.42 Å². The summed E-state index contributed by atoms with van der Waals surface area (Å²) in [5.74, 6) is -0.425. The van der Waals surface area contributed by atoms with Crippen LogP contribution in [0.15, 0.2) is 60.7 Å². The first-order chi connectivity index (χ1) is 15.4. The first-order valence-corrected chi connectivity index (χ1v) is 12.9. The highest BCUT2D eigenvalue weighted by atomic mass is 32.2. The molecule has 1 atom stereocenters. The van der Waals surface area contributed by atoms with Crippen molar-refractivity contribution in [2.45, 2.75) is 58.7 Å². The molecule has 0 aliphatic rings. The van der Waals surface area contributed by atoms with Gasteiger partial charge in [0.15, 0.2) is 0 Å². The lowest BCUT2D eigenvalue weighted by Gasteiger charge is -2.32. The molecule has 0 spiro atoms. The molecule has 0 heterocycles. The maximum absolute atomic E-state index is 13.2. The Bertz CT molecular complexity index is 1020. The normalized spacial score (nSPS) is 12.6. The van der Waals surface area contributed by atoms with Gasteiger partial charge < -0.3 is 10.2 Å². The molecular formula is C25H35N3O4S. The second kappa shape index (κ2) is 11.3. The number of nitrogens with one attached hydrogen (secondary N) is 1. The summed E-state index contributed by atoms with van der Waals surface area (Å²) >= 11 is 0. The van der Waals surface area contributed by atoms with Crippen LogP contribution in [0.3, 0.4) is 0 Å². The van der Waals surface area contributed by atoms with Crippen LogP contribution in [0, 0.1) is 0 Å². The third kappa shape index (κ3) is 8.53. The Balaban J connectivity index is 2.14. The average molecular weight is 474 g/mol. The lowest BCUT2D eigenvalue weighted by atomic mass is 10.1. The monoisotopic (exact) mass is 473 g/mol. The zero-order chi connectivity index (χ0) is 24.6. The van der Waals surface area contributed by atoms with E-state index in [9.17, 15) is 18.0 Å². The molecular weight excluding hydrogens is 438 g/mol. The Morgan fingerprint density at radius 3 is 2.03 bits per heavy atom. The molecule has 33 heavy (non-hydrogen) atoms. The molecule has 8 heteroatoms. The summed E-state index contributed by atoms with van der Waals surface area (Å²) in [7, 11) is -3.49.